The quantitative estimate of drug-likeness (QED) is 0.885. The average Bonchev–Trinajstić information content (AvgIpc) is 2.35. The number of hydrogen-bond donors (Lipinski definition) is 1. The second-order valence-corrected chi connectivity index (χ2v) is 5.86. The fraction of sp³-hybridized carbons (Fsp3) is 0.357. The summed E-state index contributed by atoms with van der Waals surface area (Å²) >= 11 is 1.94. The molecule has 1 aromatic carbocycles. The van der Waals surface area contributed by atoms with Crippen LogP contribution in [0.1, 0.15) is 19.4 Å². The molecule has 0 aliphatic rings. The van der Waals surface area contributed by atoms with Gasteiger partial charge in [-0.25, -0.2) is 4.98 Å². The van der Waals surface area contributed by atoms with Gasteiger partial charge in [-0.05, 0) is 17.4 Å². The Kier molecular flexibility index (Phi) is 3.89. The van der Waals surface area contributed by atoms with E-state index in [-0.39, 0.29) is 0 Å². The number of anilines is 1. The summed E-state index contributed by atoms with van der Waals surface area (Å²) < 4.78 is 0. The molecule has 1 N–H and O–H groups in total. The summed E-state index contributed by atoms with van der Waals surface area (Å²) in [5.74, 6) is 2.00. The molecule has 0 bridgehead atoms. The predicted octanol–water partition coefficient (Wildman–Crippen LogP) is 3.92. The first kappa shape index (κ1) is 12.2. The Bertz CT molecular complexity index is 509. The van der Waals surface area contributed by atoms with Crippen molar-refractivity contribution >= 4 is 28.5 Å². The Morgan fingerprint density at radius 3 is 2.76 bits per heavy atom. The standard InChI is InChI=1S/C14H18N2S/c1-10(2)17-9-12-8-11-6-4-5-7-13(11)16-14(12)15-3/h4-8,10H,9H2,1-3H3,(H,15,16). The smallest absolute Gasteiger partial charge is 0.130 e. The first-order chi connectivity index (χ1) is 8.20. The minimum Gasteiger partial charge on any atom is -0.373 e. The average molecular weight is 246 g/mol. The van der Waals surface area contributed by atoms with Gasteiger partial charge in [0.1, 0.15) is 5.82 Å². The largest absolute Gasteiger partial charge is 0.373 e. The minimum atomic E-state index is 0.645. The normalized spacial score (nSPS) is 11.1. The summed E-state index contributed by atoms with van der Waals surface area (Å²) in [5.41, 5.74) is 2.33. The molecular weight excluding hydrogens is 228 g/mol. The van der Waals surface area contributed by atoms with E-state index in [1.807, 2.05) is 24.9 Å². The molecule has 1 heterocycles. The van der Waals surface area contributed by atoms with Crippen molar-refractivity contribution in [2.24, 2.45) is 0 Å². The molecule has 2 rings (SSSR count). The Morgan fingerprint density at radius 1 is 1.29 bits per heavy atom. The lowest BCUT2D eigenvalue weighted by molar-refractivity contribution is 1.11. The third kappa shape index (κ3) is 2.91. The number of nitrogens with one attached hydrogen (secondary N) is 1. The SMILES string of the molecule is CNc1nc2ccccc2cc1CSC(C)C. The monoisotopic (exact) mass is 246 g/mol. The Labute approximate surface area is 107 Å². The van der Waals surface area contributed by atoms with Crippen LogP contribution in [0.5, 0.6) is 0 Å². The first-order valence-electron chi connectivity index (χ1n) is 5.88. The van der Waals surface area contributed by atoms with Gasteiger partial charge in [0.15, 0.2) is 0 Å². The van der Waals surface area contributed by atoms with Gasteiger partial charge in [0.25, 0.3) is 0 Å². The summed E-state index contributed by atoms with van der Waals surface area (Å²) in [5, 5.41) is 5.05. The molecule has 0 aliphatic heterocycles. The van der Waals surface area contributed by atoms with Gasteiger partial charge in [-0.15, -0.1) is 0 Å². The molecule has 17 heavy (non-hydrogen) atoms. The van der Waals surface area contributed by atoms with E-state index in [4.69, 9.17) is 0 Å². The molecule has 0 amide bonds. The number of rotatable bonds is 4. The van der Waals surface area contributed by atoms with Crippen molar-refractivity contribution < 1.29 is 0 Å². The molecule has 90 valence electrons. The number of para-hydroxylation sites is 1. The summed E-state index contributed by atoms with van der Waals surface area (Å²) in [6, 6.07) is 10.5. The first-order valence-corrected chi connectivity index (χ1v) is 6.93. The third-order valence-electron chi connectivity index (χ3n) is 2.61. The zero-order valence-corrected chi connectivity index (χ0v) is 11.3. The Balaban J connectivity index is 2.38. The number of benzene rings is 1. The van der Waals surface area contributed by atoms with Crippen molar-refractivity contribution in [3.8, 4) is 0 Å². The molecule has 0 saturated carbocycles. The van der Waals surface area contributed by atoms with Crippen molar-refractivity contribution in [3.63, 3.8) is 0 Å². The fourth-order valence-electron chi connectivity index (χ4n) is 1.74. The van der Waals surface area contributed by atoms with E-state index in [9.17, 15) is 0 Å². The van der Waals surface area contributed by atoms with Gasteiger partial charge in [-0.3, -0.25) is 0 Å². The van der Waals surface area contributed by atoms with Gasteiger partial charge in [0, 0.05) is 23.8 Å². The highest BCUT2D eigenvalue weighted by Crippen LogP contribution is 2.25. The Morgan fingerprint density at radius 2 is 2.06 bits per heavy atom. The number of thioether (sulfide) groups is 1. The van der Waals surface area contributed by atoms with Crippen LogP contribution in [-0.2, 0) is 5.75 Å². The summed E-state index contributed by atoms with van der Waals surface area (Å²) in [4.78, 5) is 4.65. The molecule has 3 heteroatoms. The number of aromatic nitrogens is 1. The summed E-state index contributed by atoms with van der Waals surface area (Å²) in [7, 11) is 1.93. The highest BCUT2D eigenvalue weighted by atomic mass is 32.2. The Hall–Kier alpha value is -1.22. The van der Waals surface area contributed by atoms with Crippen LogP contribution < -0.4 is 5.32 Å². The second-order valence-electron chi connectivity index (χ2n) is 4.30. The summed E-state index contributed by atoms with van der Waals surface area (Å²) in [6.07, 6.45) is 0. The second kappa shape index (κ2) is 5.41. The van der Waals surface area contributed by atoms with Crippen LogP contribution in [-0.4, -0.2) is 17.3 Å². The van der Waals surface area contributed by atoms with E-state index >= 15 is 0 Å². The van der Waals surface area contributed by atoms with Crippen molar-refractivity contribution in [2.75, 3.05) is 12.4 Å². The summed E-state index contributed by atoms with van der Waals surface area (Å²) in [6.45, 7) is 4.44. The van der Waals surface area contributed by atoms with Crippen LogP contribution in [0.15, 0.2) is 30.3 Å². The molecule has 2 nitrogen and oxygen atoms in total. The lowest BCUT2D eigenvalue weighted by Crippen LogP contribution is -1.99. The van der Waals surface area contributed by atoms with E-state index in [0.29, 0.717) is 5.25 Å². The lowest BCUT2D eigenvalue weighted by atomic mass is 10.1. The van der Waals surface area contributed by atoms with Crippen LogP contribution in [0.25, 0.3) is 10.9 Å². The maximum Gasteiger partial charge on any atom is 0.130 e. The molecule has 0 radical (unpaired) electrons. The predicted molar refractivity (Wildman–Crippen MR) is 77.7 cm³/mol. The van der Waals surface area contributed by atoms with Gasteiger partial charge in [0.05, 0.1) is 5.52 Å². The van der Waals surface area contributed by atoms with Gasteiger partial charge in [-0.2, -0.15) is 11.8 Å². The number of fused-ring (bicyclic) bond motifs is 1. The highest BCUT2D eigenvalue weighted by Gasteiger charge is 2.06. The molecule has 0 aliphatic carbocycles. The molecule has 1 aromatic heterocycles. The van der Waals surface area contributed by atoms with Crippen LogP contribution >= 0.6 is 11.8 Å². The van der Waals surface area contributed by atoms with Crippen molar-refractivity contribution in [2.45, 2.75) is 24.9 Å². The number of nitrogens with zero attached hydrogens (tertiary/aromatic N) is 1. The number of pyridine rings is 1. The van der Waals surface area contributed by atoms with Crippen LogP contribution in [0, 0.1) is 0 Å². The molecule has 2 aromatic rings. The zero-order chi connectivity index (χ0) is 12.3. The van der Waals surface area contributed by atoms with Gasteiger partial charge >= 0.3 is 0 Å². The van der Waals surface area contributed by atoms with Gasteiger partial charge in [0.2, 0.25) is 0 Å². The van der Waals surface area contributed by atoms with E-state index in [1.54, 1.807) is 0 Å². The topological polar surface area (TPSA) is 24.9 Å². The van der Waals surface area contributed by atoms with Gasteiger partial charge < -0.3 is 5.32 Å². The zero-order valence-electron chi connectivity index (χ0n) is 10.5. The highest BCUT2D eigenvalue weighted by molar-refractivity contribution is 7.99. The third-order valence-corrected chi connectivity index (χ3v) is 3.76. The molecule has 0 spiro atoms. The molecule has 0 saturated heterocycles. The lowest BCUT2D eigenvalue weighted by Gasteiger charge is -2.11. The van der Waals surface area contributed by atoms with Crippen molar-refractivity contribution in [1.82, 2.24) is 4.98 Å². The fourth-order valence-corrected chi connectivity index (χ4v) is 2.48. The number of hydrogen-bond acceptors (Lipinski definition) is 3. The molecular formula is C14H18N2S. The van der Waals surface area contributed by atoms with Crippen LogP contribution in [0.2, 0.25) is 0 Å². The maximum absolute atomic E-state index is 4.65. The minimum absolute atomic E-state index is 0.645. The van der Waals surface area contributed by atoms with E-state index in [0.717, 1.165) is 17.1 Å². The van der Waals surface area contributed by atoms with Gasteiger partial charge in [-0.1, -0.05) is 32.0 Å². The van der Waals surface area contributed by atoms with Crippen molar-refractivity contribution in [1.29, 1.82) is 0 Å². The van der Waals surface area contributed by atoms with Crippen molar-refractivity contribution in [3.05, 3.63) is 35.9 Å². The van der Waals surface area contributed by atoms with E-state index in [2.05, 4.69) is 48.4 Å². The van der Waals surface area contributed by atoms with E-state index < -0.39 is 0 Å². The van der Waals surface area contributed by atoms with Crippen LogP contribution in [0.3, 0.4) is 0 Å². The van der Waals surface area contributed by atoms with Crippen LogP contribution in [0.4, 0.5) is 5.82 Å². The van der Waals surface area contributed by atoms with E-state index in [1.165, 1.54) is 10.9 Å². The molecule has 0 unspecified atom stereocenters. The maximum atomic E-state index is 4.65. The molecule has 0 fully saturated rings. The molecule has 0 atom stereocenters.